The molecule has 1 unspecified atom stereocenters. The highest BCUT2D eigenvalue weighted by molar-refractivity contribution is 7.09. The average Bonchev–Trinajstić information content (AvgIpc) is 2.92. The van der Waals surface area contributed by atoms with Crippen LogP contribution in [0.25, 0.3) is 0 Å². The fourth-order valence-corrected chi connectivity index (χ4v) is 4.04. The number of nitrogens with zero attached hydrogens (tertiary/aromatic N) is 4. The summed E-state index contributed by atoms with van der Waals surface area (Å²) in [5.41, 5.74) is 1.19. The Kier molecular flexibility index (Phi) is 3.96. The van der Waals surface area contributed by atoms with Crippen LogP contribution in [-0.4, -0.2) is 26.6 Å². The molecular formula is C16H22N4OS. The largest absolute Gasteiger partial charge is 0.339 e. The van der Waals surface area contributed by atoms with E-state index >= 15 is 0 Å². The maximum Gasteiger partial charge on any atom is 0.229 e. The molecule has 2 aliphatic rings. The van der Waals surface area contributed by atoms with E-state index in [4.69, 9.17) is 9.51 Å². The van der Waals surface area contributed by atoms with Crippen LogP contribution in [0.1, 0.15) is 73.4 Å². The van der Waals surface area contributed by atoms with E-state index in [0.717, 1.165) is 44.1 Å². The molecule has 6 heteroatoms. The first-order valence-electron chi connectivity index (χ1n) is 8.34. The summed E-state index contributed by atoms with van der Waals surface area (Å²) in [5.74, 6) is 2.26. The molecule has 0 spiro atoms. The lowest BCUT2D eigenvalue weighted by Gasteiger charge is -2.20. The van der Waals surface area contributed by atoms with Crippen LogP contribution >= 0.6 is 11.3 Å². The van der Waals surface area contributed by atoms with Gasteiger partial charge in [0.2, 0.25) is 5.89 Å². The Hall–Kier alpha value is -1.27. The lowest BCUT2D eigenvalue weighted by atomic mass is 10.2. The van der Waals surface area contributed by atoms with Crippen LogP contribution in [-0.2, 0) is 13.0 Å². The Labute approximate surface area is 134 Å². The minimum absolute atomic E-state index is 0.299. The van der Waals surface area contributed by atoms with Gasteiger partial charge < -0.3 is 4.52 Å². The second-order valence-corrected chi connectivity index (χ2v) is 7.32. The first-order valence-corrected chi connectivity index (χ1v) is 9.22. The number of aromatic nitrogens is 3. The number of hydrogen-bond acceptors (Lipinski definition) is 6. The number of aryl methyl sites for hydroxylation is 1. The normalized spacial score (nSPS) is 22.5. The highest BCUT2D eigenvalue weighted by Crippen LogP contribution is 2.40. The van der Waals surface area contributed by atoms with Gasteiger partial charge in [0, 0.05) is 17.8 Å². The van der Waals surface area contributed by atoms with Crippen molar-refractivity contribution < 1.29 is 4.52 Å². The molecule has 1 saturated carbocycles. The summed E-state index contributed by atoms with van der Waals surface area (Å²) >= 11 is 1.78. The molecule has 0 aromatic carbocycles. The fraction of sp³-hybridized carbons (Fsp3) is 0.688. The van der Waals surface area contributed by atoms with Crippen LogP contribution < -0.4 is 0 Å². The van der Waals surface area contributed by atoms with Gasteiger partial charge in [-0.2, -0.15) is 4.98 Å². The van der Waals surface area contributed by atoms with E-state index in [2.05, 4.69) is 27.3 Å². The molecule has 22 heavy (non-hydrogen) atoms. The number of rotatable bonds is 6. The van der Waals surface area contributed by atoms with Crippen molar-refractivity contribution in [2.24, 2.45) is 0 Å². The Morgan fingerprint density at radius 2 is 2.23 bits per heavy atom. The van der Waals surface area contributed by atoms with Crippen molar-refractivity contribution in [3.63, 3.8) is 0 Å². The molecule has 0 radical (unpaired) electrons. The van der Waals surface area contributed by atoms with E-state index < -0.39 is 0 Å². The lowest BCUT2D eigenvalue weighted by molar-refractivity contribution is 0.231. The third-order valence-corrected chi connectivity index (χ3v) is 5.43. The predicted octanol–water partition coefficient (Wildman–Crippen LogP) is 3.69. The Bertz CT molecular complexity index is 634. The maximum absolute atomic E-state index is 5.43. The quantitative estimate of drug-likeness (QED) is 0.813. The average molecular weight is 318 g/mol. The van der Waals surface area contributed by atoms with E-state index in [0.29, 0.717) is 12.0 Å². The van der Waals surface area contributed by atoms with Crippen LogP contribution in [0, 0.1) is 0 Å². The van der Waals surface area contributed by atoms with Crippen LogP contribution in [0.4, 0.5) is 0 Å². The molecule has 2 aromatic rings. The van der Waals surface area contributed by atoms with Crippen molar-refractivity contribution in [1.82, 2.24) is 20.0 Å². The molecule has 0 amide bonds. The highest BCUT2D eigenvalue weighted by atomic mass is 32.1. The first kappa shape index (κ1) is 14.3. The fourth-order valence-electron chi connectivity index (χ4n) is 3.14. The molecule has 0 N–H and O–H groups in total. The molecule has 4 rings (SSSR count). The Morgan fingerprint density at radius 3 is 3.05 bits per heavy atom. The first-order chi connectivity index (χ1) is 10.8. The second kappa shape index (κ2) is 6.08. The van der Waals surface area contributed by atoms with Crippen LogP contribution in [0.15, 0.2) is 9.90 Å². The minimum atomic E-state index is 0.299. The van der Waals surface area contributed by atoms with Gasteiger partial charge in [-0.15, -0.1) is 11.3 Å². The lowest BCUT2D eigenvalue weighted by Crippen LogP contribution is -2.23. The van der Waals surface area contributed by atoms with Gasteiger partial charge in [0.05, 0.1) is 16.7 Å². The molecule has 2 fully saturated rings. The van der Waals surface area contributed by atoms with Crippen molar-refractivity contribution >= 4 is 11.3 Å². The van der Waals surface area contributed by atoms with Crippen molar-refractivity contribution in [3.8, 4) is 0 Å². The van der Waals surface area contributed by atoms with Gasteiger partial charge in [0.15, 0.2) is 5.82 Å². The van der Waals surface area contributed by atoms with E-state index in [9.17, 15) is 0 Å². The van der Waals surface area contributed by atoms with E-state index in [1.54, 1.807) is 11.3 Å². The summed E-state index contributed by atoms with van der Waals surface area (Å²) in [7, 11) is 0. The zero-order chi connectivity index (χ0) is 14.9. The van der Waals surface area contributed by atoms with Gasteiger partial charge in [0.1, 0.15) is 0 Å². The van der Waals surface area contributed by atoms with E-state index in [1.807, 2.05) is 0 Å². The molecule has 3 heterocycles. The Morgan fingerprint density at radius 1 is 1.32 bits per heavy atom. The molecule has 0 bridgehead atoms. The van der Waals surface area contributed by atoms with Gasteiger partial charge in [-0.1, -0.05) is 12.1 Å². The predicted molar refractivity (Wildman–Crippen MR) is 84.8 cm³/mol. The molecule has 1 atom stereocenters. The zero-order valence-electron chi connectivity index (χ0n) is 13.0. The minimum Gasteiger partial charge on any atom is -0.339 e. The van der Waals surface area contributed by atoms with Crippen molar-refractivity contribution in [2.75, 3.05) is 6.54 Å². The molecule has 1 aliphatic heterocycles. The topological polar surface area (TPSA) is 55.1 Å². The standard InChI is InChI=1S/C16H22N4OS/c1-2-4-14-17-12(10-22-14)9-20-8-3-5-13(20)15-18-16(21-19-15)11-6-7-11/h10-11,13H,2-9H2,1H3. The van der Waals surface area contributed by atoms with Gasteiger partial charge in [-0.25, -0.2) is 4.98 Å². The van der Waals surface area contributed by atoms with Gasteiger partial charge >= 0.3 is 0 Å². The second-order valence-electron chi connectivity index (χ2n) is 6.38. The molecule has 118 valence electrons. The summed E-state index contributed by atoms with van der Waals surface area (Å²) < 4.78 is 5.43. The van der Waals surface area contributed by atoms with Crippen LogP contribution in [0.2, 0.25) is 0 Å². The third kappa shape index (κ3) is 2.94. The van der Waals surface area contributed by atoms with Crippen LogP contribution in [0.5, 0.6) is 0 Å². The number of hydrogen-bond donors (Lipinski definition) is 0. The third-order valence-electron chi connectivity index (χ3n) is 4.47. The van der Waals surface area contributed by atoms with Crippen LogP contribution in [0.3, 0.4) is 0 Å². The van der Waals surface area contributed by atoms with Crippen molar-refractivity contribution in [3.05, 3.63) is 27.8 Å². The molecule has 2 aromatic heterocycles. The molecule has 5 nitrogen and oxygen atoms in total. The maximum atomic E-state index is 5.43. The van der Waals surface area contributed by atoms with E-state index in [-0.39, 0.29) is 0 Å². The smallest absolute Gasteiger partial charge is 0.229 e. The van der Waals surface area contributed by atoms with Crippen molar-refractivity contribution in [1.29, 1.82) is 0 Å². The zero-order valence-corrected chi connectivity index (χ0v) is 13.8. The summed E-state index contributed by atoms with van der Waals surface area (Å²) in [6, 6.07) is 0.299. The molecular weight excluding hydrogens is 296 g/mol. The van der Waals surface area contributed by atoms with Gasteiger partial charge in [-0.05, 0) is 45.1 Å². The van der Waals surface area contributed by atoms with Crippen molar-refractivity contribution in [2.45, 2.75) is 64.0 Å². The molecule has 1 saturated heterocycles. The summed E-state index contributed by atoms with van der Waals surface area (Å²) in [5, 5.41) is 7.69. The summed E-state index contributed by atoms with van der Waals surface area (Å²) in [4.78, 5) is 11.8. The van der Waals surface area contributed by atoms with Gasteiger partial charge in [0.25, 0.3) is 0 Å². The number of thiazole rings is 1. The summed E-state index contributed by atoms with van der Waals surface area (Å²) in [6.45, 7) is 4.20. The SMILES string of the molecule is CCCc1nc(CN2CCCC2c2noc(C3CC3)n2)cs1. The highest BCUT2D eigenvalue weighted by Gasteiger charge is 2.34. The monoisotopic (exact) mass is 318 g/mol. The number of likely N-dealkylation sites (tertiary alicyclic amines) is 1. The van der Waals surface area contributed by atoms with E-state index in [1.165, 1.54) is 30.0 Å². The molecule has 1 aliphatic carbocycles. The Balaban J connectivity index is 1.45. The van der Waals surface area contributed by atoms with Gasteiger partial charge in [-0.3, -0.25) is 4.90 Å². The summed E-state index contributed by atoms with van der Waals surface area (Å²) in [6.07, 6.45) is 6.97.